The van der Waals surface area contributed by atoms with Gasteiger partial charge in [0, 0.05) is 18.9 Å². The van der Waals surface area contributed by atoms with Crippen molar-refractivity contribution in [3.8, 4) is 0 Å². The van der Waals surface area contributed by atoms with Gasteiger partial charge in [0.15, 0.2) is 11.2 Å². The van der Waals surface area contributed by atoms with Gasteiger partial charge < -0.3 is 25.5 Å². The van der Waals surface area contributed by atoms with Crippen LogP contribution in [0.4, 0.5) is 5.95 Å². The summed E-state index contributed by atoms with van der Waals surface area (Å²) in [5.41, 5.74) is 11.8. The zero-order valence-corrected chi connectivity index (χ0v) is 26.8. The van der Waals surface area contributed by atoms with Gasteiger partial charge >= 0.3 is 11.9 Å². The van der Waals surface area contributed by atoms with Gasteiger partial charge in [-0.1, -0.05) is 104 Å². The summed E-state index contributed by atoms with van der Waals surface area (Å²) in [5, 5.41) is 0. The largest absolute Gasteiger partial charge is 0.465 e. The second-order valence-electron chi connectivity index (χ2n) is 11.9. The normalized spacial score (nSPS) is 13.6. The molecule has 0 radical (unpaired) electrons. The van der Waals surface area contributed by atoms with Crippen molar-refractivity contribution in [3.63, 3.8) is 0 Å². The molecular weight excluding hydrogens is 548 g/mol. The Labute approximate surface area is 256 Å². The highest BCUT2D eigenvalue weighted by atomic mass is 16.5. The Morgan fingerprint density at radius 2 is 1.56 bits per heavy atom. The molecule has 0 saturated heterocycles. The van der Waals surface area contributed by atoms with E-state index in [-0.39, 0.29) is 42.5 Å². The second kappa shape index (κ2) is 20.9. The lowest BCUT2D eigenvalue weighted by Crippen LogP contribution is -2.38. The van der Waals surface area contributed by atoms with Crippen LogP contribution in [0.15, 0.2) is 11.1 Å². The summed E-state index contributed by atoms with van der Waals surface area (Å²) in [7, 11) is 0. The number of fused-ring (bicyclic) bond motifs is 1. The Kier molecular flexibility index (Phi) is 17.6. The van der Waals surface area contributed by atoms with E-state index >= 15 is 0 Å². The van der Waals surface area contributed by atoms with Crippen LogP contribution in [0.5, 0.6) is 0 Å². The predicted molar refractivity (Wildman–Crippen MR) is 170 cm³/mol. The Bertz CT molecular complexity index is 1130. The van der Waals surface area contributed by atoms with E-state index in [1.807, 2.05) is 13.8 Å². The molecule has 0 aliphatic heterocycles. The molecule has 11 nitrogen and oxygen atoms in total. The molecule has 244 valence electrons. The van der Waals surface area contributed by atoms with E-state index in [1.54, 1.807) is 4.57 Å². The maximum absolute atomic E-state index is 12.5. The Balaban J connectivity index is 1.76. The number of rotatable bonds is 24. The number of unbranched alkanes of at least 4 members (excludes halogenated alkanes) is 12. The number of nitrogen functional groups attached to an aromatic ring is 1. The highest BCUT2D eigenvalue weighted by Gasteiger charge is 2.22. The highest BCUT2D eigenvalue weighted by Crippen LogP contribution is 2.16. The SMILES string of the molecule is CCCCCCCCCCCCCCCC(=O)OC[C@H](CCOC(=O)[C@@H](N)C(C)CC)Cn1cnc2c(=O)[nH]c(N)nc21. The van der Waals surface area contributed by atoms with Crippen LogP contribution in [0.3, 0.4) is 0 Å². The van der Waals surface area contributed by atoms with E-state index in [1.165, 1.54) is 70.5 Å². The first-order chi connectivity index (χ1) is 20.8. The first-order valence-electron chi connectivity index (χ1n) is 16.5. The van der Waals surface area contributed by atoms with E-state index in [9.17, 15) is 14.4 Å². The fourth-order valence-corrected chi connectivity index (χ4v) is 5.09. The number of nitrogens with zero attached hydrogens (tertiary/aromatic N) is 3. The third kappa shape index (κ3) is 13.9. The molecule has 3 atom stereocenters. The summed E-state index contributed by atoms with van der Waals surface area (Å²) in [6.45, 7) is 6.77. The van der Waals surface area contributed by atoms with Gasteiger partial charge in [0.2, 0.25) is 5.95 Å². The number of nitrogens with one attached hydrogen (secondary N) is 1. The molecule has 2 heterocycles. The van der Waals surface area contributed by atoms with E-state index in [2.05, 4.69) is 21.9 Å². The van der Waals surface area contributed by atoms with Gasteiger partial charge in [0.05, 0.1) is 19.5 Å². The molecular formula is C32H56N6O5. The van der Waals surface area contributed by atoms with Crippen molar-refractivity contribution in [1.29, 1.82) is 0 Å². The van der Waals surface area contributed by atoms with E-state index < -0.39 is 17.6 Å². The molecule has 5 N–H and O–H groups in total. The van der Waals surface area contributed by atoms with Gasteiger partial charge in [-0.3, -0.25) is 19.4 Å². The first kappa shape index (κ1) is 36.2. The first-order valence-corrected chi connectivity index (χ1v) is 16.5. The van der Waals surface area contributed by atoms with Crippen molar-refractivity contribution in [1.82, 2.24) is 19.5 Å². The van der Waals surface area contributed by atoms with Gasteiger partial charge in [-0.05, 0) is 18.8 Å². The number of aromatic nitrogens is 4. The van der Waals surface area contributed by atoms with Gasteiger partial charge in [-0.25, -0.2) is 4.98 Å². The molecule has 0 bridgehead atoms. The van der Waals surface area contributed by atoms with Crippen molar-refractivity contribution >= 4 is 29.1 Å². The third-order valence-corrected chi connectivity index (χ3v) is 8.21. The zero-order valence-electron chi connectivity index (χ0n) is 26.8. The number of carbonyl (C=O) groups is 2. The lowest BCUT2D eigenvalue weighted by Gasteiger charge is -2.20. The van der Waals surface area contributed by atoms with Crippen molar-refractivity contribution in [3.05, 3.63) is 16.7 Å². The summed E-state index contributed by atoms with van der Waals surface area (Å²) in [5.74, 6) is -0.878. The van der Waals surface area contributed by atoms with Crippen molar-refractivity contribution < 1.29 is 19.1 Å². The standard InChI is InChI=1S/C32H56N6O5/c1-4-6-7-8-9-10-11-12-13-14-15-16-17-18-26(39)43-22-25(19-20-42-31(41)27(33)24(3)5-2)21-38-23-35-28-29(38)36-32(34)37-30(28)40/h23-25,27H,4-22,33H2,1-3H3,(H3,34,36,37,40)/t24?,25-,27+/m1/s1. The molecule has 11 heteroatoms. The smallest absolute Gasteiger partial charge is 0.323 e. The fraction of sp³-hybridized carbons (Fsp3) is 0.781. The predicted octanol–water partition coefficient (Wildman–Crippen LogP) is 5.65. The highest BCUT2D eigenvalue weighted by molar-refractivity contribution is 5.75. The quantitative estimate of drug-likeness (QED) is 0.101. The number of imidazole rings is 1. The lowest BCUT2D eigenvalue weighted by atomic mass is 10.0. The monoisotopic (exact) mass is 604 g/mol. The molecule has 1 unspecified atom stereocenters. The molecule has 2 aromatic heterocycles. The number of H-pyrrole nitrogens is 1. The Morgan fingerprint density at radius 3 is 2.16 bits per heavy atom. The molecule has 0 aromatic carbocycles. The number of nitrogens with two attached hydrogens (primary N) is 2. The third-order valence-electron chi connectivity index (χ3n) is 8.21. The number of carbonyl (C=O) groups excluding carboxylic acids is 2. The van der Waals surface area contributed by atoms with Gasteiger partial charge in [0.25, 0.3) is 5.56 Å². The van der Waals surface area contributed by atoms with Crippen molar-refractivity contribution in [2.75, 3.05) is 18.9 Å². The Morgan fingerprint density at radius 1 is 0.953 bits per heavy atom. The fourth-order valence-electron chi connectivity index (χ4n) is 5.09. The number of ether oxygens (including phenoxy) is 2. The summed E-state index contributed by atoms with van der Waals surface area (Å²) < 4.78 is 12.8. The molecule has 0 spiro atoms. The maximum atomic E-state index is 12.5. The van der Waals surface area contributed by atoms with Crippen LogP contribution in [0.1, 0.15) is 124 Å². The number of hydrogen-bond acceptors (Lipinski definition) is 9. The van der Waals surface area contributed by atoms with Crippen LogP contribution in [-0.4, -0.2) is 50.7 Å². The second-order valence-corrected chi connectivity index (χ2v) is 11.9. The van der Waals surface area contributed by atoms with Crippen LogP contribution in [0, 0.1) is 11.8 Å². The number of esters is 2. The van der Waals surface area contributed by atoms with E-state index in [0.29, 0.717) is 25.0 Å². The van der Waals surface area contributed by atoms with E-state index in [0.717, 1.165) is 25.7 Å². The zero-order chi connectivity index (χ0) is 31.5. The molecule has 0 fully saturated rings. The van der Waals surface area contributed by atoms with Crippen LogP contribution in [0.2, 0.25) is 0 Å². The van der Waals surface area contributed by atoms with Crippen LogP contribution in [0.25, 0.3) is 11.2 Å². The molecule has 0 aliphatic rings. The van der Waals surface area contributed by atoms with Crippen LogP contribution in [-0.2, 0) is 25.6 Å². The van der Waals surface area contributed by atoms with Crippen LogP contribution < -0.4 is 17.0 Å². The maximum Gasteiger partial charge on any atom is 0.323 e. The van der Waals surface area contributed by atoms with Crippen LogP contribution >= 0.6 is 0 Å². The molecule has 43 heavy (non-hydrogen) atoms. The average molecular weight is 605 g/mol. The molecule has 0 saturated carbocycles. The minimum atomic E-state index is -0.682. The van der Waals surface area contributed by atoms with Gasteiger partial charge in [-0.2, -0.15) is 4.98 Å². The number of aromatic amines is 1. The van der Waals surface area contributed by atoms with Crippen molar-refractivity contribution in [2.24, 2.45) is 17.6 Å². The minimum Gasteiger partial charge on any atom is -0.465 e. The van der Waals surface area contributed by atoms with E-state index in [4.69, 9.17) is 20.9 Å². The molecule has 2 rings (SSSR count). The van der Waals surface area contributed by atoms with Crippen molar-refractivity contribution in [2.45, 2.75) is 136 Å². The minimum absolute atomic E-state index is 0.00649. The average Bonchev–Trinajstić information content (AvgIpc) is 3.39. The summed E-state index contributed by atoms with van der Waals surface area (Å²) >= 11 is 0. The summed E-state index contributed by atoms with van der Waals surface area (Å²) in [6, 6.07) is -0.682. The molecule has 0 amide bonds. The molecule has 0 aliphatic carbocycles. The lowest BCUT2D eigenvalue weighted by molar-refractivity contribution is -0.149. The summed E-state index contributed by atoms with van der Waals surface area (Å²) in [4.78, 5) is 47.9. The summed E-state index contributed by atoms with van der Waals surface area (Å²) in [6.07, 6.45) is 19.3. The number of anilines is 1. The van der Waals surface area contributed by atoms with Gasteiger partial charge in [0.1, 0.15) is 6.04 Å². The molecule has 2 aromatic rings. The van der Waals surface area contributed by atoms with Gasteiger partial charge in [-0.15, -0.1) is 0 Å². The Hall–Kier alpha value is -2.95. The number of hydrogen-bond donors (Lipinski definition) is 3. The topological polar surface area (TPSA) is 168 Å².